The molecule has 6 rings (SSSR count). The van der Waals surface area contributed by atoms with Crippen LogP contribution in [0.2, 0.25) is 0 Å². The van der Waals surface area contributed by atoms with Crippen LogP contribution in [0.1, 0.15) is 16.7 Å². The summed E-state index contributed by atoms with van der Waals surface area (Å²) in [5.74, 6) is 0. The fraction of sp³-hybridized carbons (Fsp3) is 0.0541. The molecule has 0 spiro atoms. The summed E-state index contributed by atoms with van der Waals surface area (Å²) in [6.07, 6.45) is 3.00. The average Bonchev–Trinajstić information content (AvgIpc) is 3.03. The third kappa shape index (κ3) is 6.18. The molecule has 0 fully saturated rings. The van der Waals surface area contributed by atoms with E-state index in [9.17, 15) is 0 Å². The quantitative estimate of drug-likeness (QED) is 0.104. The maximum Gasteiger partial charge on any atom is 0.0676 e. The smallest absolute Gasteiger partial charge is 0.0676 e. The number of halogens is 1. The van der Waals surface area contributed by atoms with E-state index in [0.717, 1.165) is 23.1 Å². The molecule has 200 valence electrons. The van der Waals surface area contributed by atoms with Gasteiger partial charge in [0.15, 0.2) is 0 Å². The predicted molar refractivity (Wildman–Crippen MR) is 169 cm³/mol. The molecule has 0 atom stereocenters. The van der Waals surface area contributed by atoms with Gasteiger partial charge < -0.3 is 0 Å². The minimum absolute atomic E-state index is 0.398. The average molecular weight is 536 g/mol. The topological polar surface area (TPSA) is 18.8 Å². The highest BCUT2D eigenvalue weighted by atomic mass is 19.2. The van der Waals surface area contributed by atoms with E-state index in [-0.39, 0.29) is 0 Å². The van der Waals surface area contributed by atoms with Crippen LogP contribution in [-0.2, 0) is 12.8 Å². The van der Waals surface area contributed by atoms with Gasteiger partial charge in [0.1, 0.15) is 0 Å². The van der Waals surface area contributed by atoms with Gasteiger partial charge in [-0.1, -0.05) is 132 Å². The van der Waals surface area contributed by atoms with Crippen LogP contribution in [0.3, 0.4) is 0 Å². The minimum atomic E-state index is 0.398. The Hall–Kier alpha value is -5.22. The van der Waals surface area contributed by atoms with Crippen molar-refractivity contribution >= 4 is 28.4 Å². The molecule has 0 bridgehead atoms. The Balaban J connectivity index is 1.20. The molecule has 0 N–H and O–H groups in total. The number of rotatable bonds is 9. The predicted octanol–water partition coefficient (Wildman–Crippen LogP) is 9.57. The molecule has 0 aliphatic heterocycles. The lowest BCUT2D eigenvalue weighted by atomic mass is 9.97. The number of fused-ring (bicyclic) bond motifs is 1. The SMILES string of the molecule is FN(/N=C/Cc1ccccc1)N(c1ccccc1)c1ccc(-c2ccc(Cc3cccc4ccccc34)cc2)cc1. The standard InChI is InChI=1S/C37H30FN3/c38-41(39-27-26-29-10-3-1-4-11-29)40(35-15-5-2-6-16-35)36-24-22-32(23-25-36)31-20-18-30(19-21-31)28-34-14-9-13-33-12-7-8-17-37(33)34/h1-25,27H,26,28H2/b39-27+. The van der Waals surface area contributed by atoms with Gasteiger partial charge in [-0.05, 0) is 74.6 Å². The highest BCUT2D eigenvalue weighted by Crippen LogP contribution is 2.31. The molecule has 0 aromatic heterocycles. The molecule has 3 nitrogen and oxygen atoms in total. The van der Waals surface area contributed by atoms with Gasteiger partial charge in [0, 0.05) is 12.6 Å². The maximum atomic E-state index is 15.4. The summed E-state index contributed by atoms with van der Waals surface area (Å²) in [5.41, 5.74) is 7.19. The van der Waals surface area contributed by atoms with Crippen LogP contribution < -0.4 is 5.01 Å². The van der Waals surface area contributed by atoms with E-state index in [2.05, 4.69) is 71.8 Å². The van der Waals surface area contributed by atoms with E-state index < -0.39 is 0 Å². The molecule has 0 saturated carbocycles. The van der Waals surface area contributed by atoms with Crippen molar-refractivity contribution in [2.24, 2.45) is 5.10 Å². The fourth-order valence-corrected chi connectivity index (χ4v) is 5.06. The fourth-order valence-electron chi connectivity index (χ4n) is 5.06. The molecule has 0 aliphatic rings. The van der Waals surface area contributed by atoms with Crippen LogP contribution >= 0.6 is 0 Å². The van der Waals surface area contributed by atoms with Crippen molar-refractivity contribution in [3.63, 3.8) is 0 Å². The molecule has 0 amide bonds. The Labute approximate surface area is 240 Å². The first-order chi connectivity index (χ1) is 20.2. The second kappa shape index (κ2) is 12.3. The summed E-state index contributed by atoms with van der Waals surface area (Å²) >= 11 is 0. The van der Waals surface area contributed by atoms with Crippen molar-refractivity contribution in [3.8, 4) is 11.1 Å². The normalized spacial score (nSPS) is 11.1. The van der Waals surface area contributed by atoms with Crippen molar-refractivity contribution in [1.82, 2.24) is 5.34 Å². The minimum Gasteiger partial charge on any atom is -0.209 e. The van der Waals surface area contributed by atoms with Gasteiger partial charge >= 0.3 is 0 Å². The van der Waals surface area contributed by atoms with Crippen molar-refractivity contribution in [3.05, 3.63) is 168 Å². The Morgan fingerprint density at radius 2 is 1.12 bits per heavy atom. The van der Waals surface area contributed by atoms with Crippen molar-refractivity contribution in [1.29, 1.82) is 0 Å². The lowest BCUT2D eigenvalue weighted by molar-refractivity contribution is 0.0294. The van der Waals surface area contributed by atoms with Crippen LogP contribution in [0.5, 0.6) is 0 Å². The lowest BCUT2D eigenvalue weighted by Gasteiger charge is -2.27. The summed E-state index contributed by atoms with van der Waals surface area (Å²) in [7, 11) is 0. The molecule has 6 aromatic rings. The number of hydrazine groups is 1. The zero-order valence-electron chi connectivity index (χ0n) is 22.6. The Morgan fingerprint density at radius 3 is 1.85 bits per heavy atom. The van der Waals surface area contributed by atoms with Gasteiger partial charge in [0.25, 0.3) is 0 Å². The van der Waals surface area contributed by atoms with Crippen molar-refractivity contribution in [2.75, 3.05) is 5.01 Å². The highest BCUT2D eigenvalue weighted by Gasteiger charge is 2.17. The van der Waals surface area contributed by atoms with Crippen LogP contribution in [0.4, 0.5) is 15.9 Å². The Kier molecular flexibility index (Phi) is 7.81. The van der Waals surface area contributed by atoms with Crippen LogP contribution in [-0.4, -0.2) is 11.6 Å². The summed E-state index contributed by atoms with van der Waals surface area (Å²) in [6, 6.07) is 50.9. The molecule has 0 radical (unpaired) electrons. The van der Waals surface area contributed by atoms with E-state index in [0.29, 0.717) is 23.1 Å². The monoisotopic (exact) mass is 535 g/mol. The second-order valence-electron chi connectivity index (χ2n) is 9.93. The zero-order chi connectivity index (χ0) is 27.9. The second-order valence-corrected chi connectivity index (χ2v) is 9.93. The highest BCUT2D eigenvalue weighted by molar-refractivity contribution is 5.86. The van der Waals surface area contributed by atoms with Gasteiger partial charge in [-0.15, -0.1) is 5.10 Å². The summed E-state index contributed by atoms with van der Waals surface area (Å²) < 4.78 is 15.4. The molecule has 4 heteroatoms. The third-order valence-corrected chi connectivity index (χ3v) is 7.19. The molecule has 0 heterocycles. The van der Waals surface area contributed by atoms with E-state index in [4.69, 9.17) is 0 Å². The molecule has 0 unspecified atom stereocenters. The van der Waals surface area contributed by atoms with Gasteiger partial charge in [-0.2, -0.15) is 0 Å². The van der Waals surface area contributed by atoms with Crippen LogP contribution in [0.25, 0.3) is 21.9 Å². The van der Waals surface area contributed by atoms with Gasteiger partial charge in [-0.3, -0.25) is 0 Å². The number of hydrogen-bond acceptors (Lipinski definition) is 3. The lowest BCUT2D eigenvalue weighted by Crippen LogP contribution is -2.28. The maximum absolute atomic E-state index is 15.4. The van der Waals surface area contributed by atoms with Gasteiger partial charge in [-0.25, -0.2) is 5.01 Å². The van der Waals surface area contributed by atoms with Crippen molar-refractivity contribution in [2.45, 2.75) is 12.8 Å². The Bertz CT molecular complexity index is 1730. The van der Waals surface area contributed by atoms with Crippen LogP contribution in [0.15, 0.2) is 157 Å². The summed E-state index contributed by atoms with van der Waals surface area (Å²) in [4.78, 5) is 0. The molecular formula is C37H30FN3. The number of benzene rings is 6. The molecule has 0 saturated heterocycles. The first kappa shape index (κ1) is 26.0. The number of nitrogens with zero attached hydrogens (tertiary/aromatic N) is 3. The van der Waals surface area contributed by atoms with Gasteiger partial charge in [0.2, 0.25) is 0 Å². The number of hydrogen-bond donors (Lipinski definition) is 0. The van der Waals surface area contributed by atoms with E-state index in [1.165, 1.54) is 26.9 Å². The number of hydrazone groups is 1. The van der Waals surface area contributed by atoms with E-state index in [1.54, 1.807) is 6.21 Å². The third-order valence-electron chi connectivity index (χ3n) is 7.19. The number of para-hydroxylation sites is 1. The largest absolute Gasteiger partial charge is 0.209 e. The van der Waals surface area contributed by atoms with E-state index in [1.807, 2.05) is 84.9 Å². The number of anilines is 2. The molecular weight excluding hydrogens is 505 g/mol. The van der Waals surface area contributed by atoms with Gasteiger partial charge in [0.05, 0.1) is 11.4 Å². The molecule has 41 heavy (non-hydrogen) atoms. The summed E-state index contributed by atoms with van der Waals surface area (Å²) in [5, 5.41) is 8.50. The summed E-state index contributed by atoms with van der Waals surface area (Å²) in [6.45, 7) is 0. The Morgan fingerprint density at radius 1 is 0.537 bits per heavy atom. The molecule has 6 aromatic carbocycles. The molecule has 0 aliphatic carbocycles. The van der Waals surface area contributed by atoms with Crippen LogP contribution in [0, 0.1) is 0 Å². The first-order valence-corrected chi connectivity index (χ1v) is 13.8. The zero-order valence-corrected chi connectivity index (χ0v) is 22.6. The van der Waals surface area contributed by atoms with E-state index >= 15 is 4.48 Å². The first-order valence-electron chi connectivity index (χ1n) is 13.8. The van der Waals surface area contributed by atoms with Crippen molar-refractivity contribution < 1.29 is 4.48 Å².